The molecule has 3 rings (SSSR count). The van der Waals surface area contributed by atoms with Gasteiger partial charge in [0.15, 0.2) is 5.37 Å². The largest absolute Gasteiger partial charge is 0.493 e. The molecule has 7 heteroatoms. The molecule has 0 heterocycles. The van der Waals surface area contributed by atoms with Gasteiger partial charge in [-0.15, -0.1) is 0 Å². The number of benzene rings is 2. The van der Waals surface area contributed by atoms with Crippen molar-refractivity contribution >= 4 is 16.2 Å². The van der Waals surface area contributed by atoms with Crippen LogP contribution in [0.1, 0.15) is 29.3 Å². The van der Waals surface area contributed by atoms with E-state index in [1.165, 1.54) is 24.3 Å². The number of sulfone groups is 1. The molecule has 1 amide bonds. The van der Waals surface area contributed by atoms with Crippen LogP contribution < -0.4 is 10.1 Å². The fraction of sp³-hybridized carbons (Fsp3) is 0.316. The van der Waals surface area contributed by atoms with Crippen LogP contribution in [0.5, 0.6) is 5.75 Å². The second-order valence-corrected chi connectivity index (χ2v) is 8.49. The summed E-state index contributed by atoms with van der Waals surface area (Å²) in [6, 6.07) is 10.2. The van der Waals surface area contributed by atoms with Gasteiger partial charge in [-0.05, 0) is 49.9 Å². The Morgan fingerprint density at radius 3 is 2.50 bits per heavy atom. The first-order chi connectivity index (χ1) is 12.4. The van der Waals surface area contributed by atoms with E-state index in [1.807, 2.05) is 6.92 Å². The first-order valence-corrected chi connectivity index (χ1v) is 9.89. The summed E-state index contributed by atoms with van der Waals surface area (Å²) in [4.78, 5) is 11.0. The summed E-state index contributed by atoms with van der Waals surface area (Å²) in [7, 11) is -4.01. The van der Waals surface area contributed by atoms with Crippen molar-refractivity contribution in [3.8, 4) is 5.75 Å². The van der Waals surface area contributed by atoms with Gasteiger partial charge < -0.3 is 10.1 Å². The normalized spacial score (nSPS) is 15.3. The third-order valence-electron chi connectivity index (χ3n) is 4.32. The van der Waals surface area contributed by atoms with Gasteiger partial charge in [0.1, 0.15) is 11.6 Å². The molecule has 0 aromatic heterocycles. The Hall–Kier alpha value is -2.41. The van der Waals surface area contributed by atoms with Crippen molar-refractivity contribution in [1.82, 2.24) is 5.32 Å². The fourth-order valence-corrected chi connectivity index (χ4v) is 4.13. The summed E-state index contributed by atoms with van der Waals surface area (Å²) in [5.74, 6) is 0.119. The molecule has 2 aromatic rings. The van der Waals surface area contributed by atoms with Gasteiger partial charge in [-0.25, -0.2) is 12.8 Å². The Balaban J connectivity index is 1.91. The molecule has 0 aliphatic heterocycles. The highest BCUT2D eigenvalue weighted by molar-refractivity contribution is 7.91. The zero-order chi connectivity index (χ0) is 18.7. The lowest BCUT2D eigenvalue weighted by Gasteiger charge is -2.19. The highest BCUT2D eigenvalue weighted by Crippen LogP contribution is 2.32. The predicted octanol–water partition coefficient (Wildman–Crippen LogP) is 3.14. The van der Waals surface area contributed by atoms with Gasteiger partial charge in [0, 0.05) is 11.6 Å². The van der Waals surface area contributed by atoms with Crippen LogP contribution in [-0.4, -0.2) is 21.4 Å². The van der Waals surface area contributed by atoms with Gasteiger partial charge in [-0.1, -0.05) is 17.7 Å². The van der Waals surface area contributed by atoms with Crippen molar-refractivity contribution in [1.29, 1.82) is 0 Å². The van der Waals surface area contributed by atoms with Crippen LogP contribution in [0.2, 0.25) is 0 Å². The van der Waals surface area contributed by atoms with Crippen LogP contribution in [0.15, 0.2) is 47.4 Å². The van der Waals surface area contributed by atoms with Gasteiger partial charge in [0.05, 0.1) is 11.5 Å². The number of carbonyl (C=O) groups excluding carboxylic acids is 1. The number of ether oxygens (including phenoxy) is 1. The van der Waals surface area contributed by atoms with Crippen molar-refractivity contribution in [2.45, 2.75) is 30.0 Å². The summed E-state index contributed by atoms with van der Waals surface area (Å²) in [6.07, 6.45) is 2.48. The molecule has 138 valence electrons. The zero-order valence-electron chi connectivity index (χ0n) is 14.3. The van der Waals surface area contributed by atoms with E-state index in [0.29, 0.717) is 18.3 Å². The van der Waals surface area contributed by atoms with Gasteiger partial charge >= 0.3 is 0 Å². The average Bonchev–Trinajstić information content (AvgIpc) is 3.43. The summed E-state index contributed by atoms with van der Waals surface area (Å²) in [5, 5.41) is 0.710. The molecule has 2 aromatic carbocycles. The average molecular weight is 377 g/mol. The maximum absolute atomic E-state index is 14.6. The molecule has 26 heavy (non-hydrogen) atoms. The molecule has 0 spiro atoms. The minimum atomic E-state index is -4.01. The molecule has 0 saturated heterocycles. The van der Waals surface area contributed by atoms with Crippen molar-refractivity contribution in [2.75, 3.05) is 6.61 Å². The van der Waals surface area contributed by atoms with Gasteiger partial charge in [-0.2, -0.15) is 0 Å². The molecular weight excluding hydrogens is 357 g/mol. The second-order valence-electron chi connectivity index (χ2n) is 6.46. The molecule has 0 bridgehead atoms. The Morgan fingerprint density at radius 1 is 1.23 bits per heavy atom. The molecule has 1 aliphatic carbocycles. The van der Waals surface area contributed by atoms with E-state index < -0.39 is 21.0 Å². The number of hydrogen-bond acceptors (Lipinski definition) is 4. The van der Waals surface area contributed by atoms with Gasteiger partial charge in [0.25, 0.3) is 0 Å². The summed E-state index contributed by atoms with van der Waals surface area (Å²) < 4.78 is 45.8. The second kappa shape index (κ2) is 7.45. The first kappa shape index (κ1) is 18.4. The van der Waals surface area contributed by atoms with E-state index >= 15 is 0 Å². The number of nitrogens with one attached hydrogen (secondary N) is 1. The Bertz CT molecular complexity index is 892. The topological polar surface area (TPSA) is 72.5 Å². The molecule has 1 N–H and O–H groups in total. The lowest BCUT2D eigenvalue weighted by atomic mass is 10.2. The molecular formula is C19H20FNO4S. The first-order valence-electron chi connectivity index (χ1n) is 8.34. The van der Waals surface area contributed by atoms with Crippen molar-refractivity contribution in [2.24, 2.45) is 5.92 Å². The monoisotopic (exact) mass is 377 g/mol. The predicted molar refractivity (Wildman–Crippen MR) is 94.9 cm³/mol. The maximum Gasteiger partial charge on any atom is 0.208 e. The molecule has 0 radical (unpaired) electrons. The number of rotatable bonds is 8. The van der Waals surface area contributed by atoms with E-state index in [1.54, 1.807) is 12.1 Å². The molecule has 5 nitrogen and oxygen atoms in total. The van der Waals surface area contributed by atoms with E-state index in [2.05, 4.69) is 5.32 Å². The summed E-state index contributed by atoms with van der Waals surface area (Å²) in [6.45, 7) is 2.36. The number of aryl methyl sites for hydroxylation is 1. The third kappa shape index (κ3) is 4.04. The standard InChI is InChI=1S/C19H20FNO4S/c1-13-2-7-16(8-3-13)26(23,24)19(21-12-22)17-9-6-15(10-18(17)20)25-11-14-4-5-14/h2-3,6-10,12,14,19H,4-5,11H2,1H3,(H,21,22). The minimum Gasteiger partial charge on any atom is -0.493 e. The van der Waals surface area contributed by atoms with Crippen LogP contribution in [0.25, 0.3) is 0 Å². The van der Waals surface area contributed by atoms with E-state index in [0.717, 1.165) is 24.5 Å². The number of halogens is 1. The number of carbonyl (C=O) groups is 1. The fourth-order valence-electron chi connectivity index (χ4n) is 2.58. The van der Waals surface area contributed by atoms with Crippen LogP contribution in [0.4, 0.5) is 4.39 Å². The minimum absolute atomic E-state index is 0.0101. The Kier molecular flexibility index (Phi) is 5.27. The van der Waals surface area contributed by atoms with Crippen LogP contribution >= 0.6 is 0 Å². The SMILES string of the molecule is Cc1ccc(S(=O)(=O)C(NC=O)c2ccc(OCC3CC3)cc2F)cc1. The molecule has 1 fully saturated rings. The smallest absolute Gasteiger partial charge is 0.208 e. The van der Waals surface area contributed by atoms with E-state index in [-0.39, 0.29) is 16.9 Å². The number of amides is 1. The van der Waals surface area contributed by atoms with Crippen molar-refractivity contribution in [3.63, 3.8) is 0 Å². The van der Waals surface area contributed by atoms with Crippen molar-refractivity contribution < 1.29 is 22.3 Å². The van der Waals surface area contributed by atoms with Crippen LogP contribution in [0.3, 0.4) is 0 Å². The zero-order valence-corrected chi connectivity index (χ0v) is 15.1. The Labute approximate surface area is 152 Å². The maximum atomic E-state index is 14.6. The molecule has 1 unspecified atom stereocenters. The quantitative estimate of drug-likeness (QED) is 0.718. The van der Waals surface area contributed by atoms with Crippen LogP contribution in [-0.2, 0) is 14.6 Å². The van der Waals surface area contributed by atoms with E-state index in [4.69, 9.17) is 4.74 Å². The molecule has 1 atom stereocenters. The highest BCUT2D eigenvalue weighted by Gasteiger charge is 2.31. The molecule has 1 aliphatic rings. The van der Waals surface area contributed by atoms with Crippen LogP contribution in [0, 0.1) is 18.7 Å². The van der Waals surface area contributed by atoms with Gasteiger partial charge in [0.2, 0.25) is 16.2 Å². The highest BCUT2D eigenvalue weighted by atomic mass is 32.2. The summed E-state index contributed by atoms with van der Waals surface area (Å²) in [5.41, 5.74) is 0.767. The summed E-state index contributed by atoms with van der Waals surface area (Å²) >= 11 is 0. The number of hydrogen-bond donors (Lipinski definition) is 1. The molecule has 1 saturated carbocycles. The lowest BCUT2D eigenvalue weighted by Crippen LogP contribution is -2.28. The van der Waals surface area contributed by atoms with Gasteiger partial charge in [-0.3, -0.25) is 4.79 Å². The lowest BCUT2D eigenvalue weighted by molar-refractivity contribution is -0.109. The third-order valence-corrected chi connectivity index (χ3v) is 6.26. The van der Waals surface area contributed by atoms with Crippen molar-refractivity contribution in [3.05, 3.63) is 59.4 Å². The Morgan fingerprint density at radius 2 is 1.92 bits per heavy atom. The van der Waals surface area contributed by atoms with E-state index in [9.17, 15) is 17.6 Å².